The zero-order chi connectivity index (χ0) is 19.3. The van der Waals surface area contributed by atoms with Crippen molar-refractivity contribution >= 4 is 11.8 Å². The largest absolute Gasteiger partial charge is 0.477 e. The van der Waals surface area contributed by atoms with Crippen LogP contribution in [0.4, 0.5) is 0 Å². The fourth-order valence-corrected chi connectivity index (χ4v) is 6.49. The summed E-state index contributed by atoms with van der Waals surface area (Å²) >= 11 is 0. The summed E-state index contributed by atoms with van der Waals surface area (Å²) in [5.41, 5.74) is 0.352. The highest BCUT2D eigenvalue weighted by Gasteiger charge is 2.73. The number of ketones is 1. The number of carbonyl (C=O) groups excluding carboxylic acids is 2. The molecule has 1 unspecified atom stereocenters. The molecule has 1 N–H and O–H groups in total. The zero-order valence-electron chi connectivity index (χ0n) is 16.1. The number of hydrogen-bond donors (Lipinski definition) is 1. The third-order valence-corrected chi connectivity index (χ3v) is 7.80. The number of benzene rings is 1. The van der Waals surface area contributed by atoms with Gasteiger partial charge in [0.05, 0.1) is 11.0 Å². The molecule has 6 rings (SSSR count). The van der Waals surface area contributed by atoms with E-state index in [9.17, 15) is 14.7 Å². The van der Waals surface area contributed by atoms with Crippen LogP contribution in [0.5, 0.6) is 11.5 Å². The van der Waals surface area contributed by atoms with Crippen LogP contribution >= 0.6 is 0 Å². The lowest BCUT2D eigenvalue weighted by Crippen LogP contribution is -2.76. The van der Waals surface area contributed by atoms with Gasteiger partial charge in [-0.05, 0) is 56.2 Å². The molecule has 1 aromatic rings. The molecule has 0 radical (unpaired) electrons. The second kappa shape index (κ2) is 5.36. The van der Waals surface area contributed by atoms with Crippen LogP contribution in [-0.4, -0.2) is 52.6 Å². The molecule has 1 aromatic carbocycles. The first-order valence-corrected chi connectivity index (χ1v) is 10.4. The average molecular weight is 383 g/mol. The van der Waals surface area contributed by atoms with E-state index in [-0.39, 0.29) is 11.8 Å². The van der Waals surface area contributed by atoms with Gasteiger partial charge in [-0.25, -0.2) is 0 Å². The molecule has 1 saturated heterocycles. The first-order chi connectivity index (χ1) is 13.4. The minimum Gasteiger partial charge on any atom is -0.477 e. The number of piperidine rings is 1. The number of nitrogens with zero attached hydrogens (tertiary/aromatic N) is 1. The van der Waals surface area contributed by atoms with E-state index in [1.807, 2.05) is 6.07 Å². The number of rotatable bonds is 3. The van der Waals surface area contributed by atoms with Gasteiger partial charge in [0, 0.05) is 31.5 Å². The van der Waals surface area contributed by atoms with E-state index in [1.165, 1.54) is 19.8 Å². The third-order valence-electron chi connectivity index (χ3n) is 7.80. The van der Waals surface area contributed by atoms with Gasteiger partial charge in [0.15, 0.2) is 23.4 Å². The second-order valence-corrected chi connectivity index (χ2v) is 9.29. The molecule has 3 aliphatic carbocycles. The van der Waals surface area contributed by atoms with E-state index in [4.69, 9.17) is 9.47 Å². The number of carbonyl (C=O) groups is 2. The Kier molecular flexibility index (Phi) is 3.25. The number of Topliss-reactive ketones (excluding diaryl/α,β-unsaturated/α-hetero) is 1. The molecule has 2 aliphatic heterocycles. The molecule has 6 nitrogen and oxygen atoms in total. The Balaban J connectivity index is 1.54. The summed E-state index contributed by atoms with van der Waals surface area (Å²) in [5, 5.41) is 12.1. The van der Waals surface area contributed by atoms with Crippen LogP contribution in [0.15, 0.2) is 12.1 Å². The monoisotopic (exact) mass is 383 g/mol. The Morgan fingerprint density at radius 1 is 1.36 bits per heavy atom. The quantitative estimate of drug-likeness (QED) is 0.633. The predicted octanol–water partition coefficient (Wildman–Crippen LogP) is 1.75. The van der Waals surface area contributed by atoms with E-state index >= 15 is 0 Å². The molecular weight excluding hydrogens is 358 g/mol. The van der Waals surface area contributed by atoms with E-state index in [2.05, 4.69) is 4.90 Å². The molecule has 5 aliphatic rings. The van der Waals surface area contributed by atoms with Crippen molar-refractivity contribution in [3.05, 3.63) is 23.3 Å². The smallest absolute Gasteiger partial charge is 0.308 e. The van der Waals surface area contributed by atoms with E-state index in [0.717, 1.165) is 36.6 Å². The summed E-state index contributed by atoms with van der Waals surface area (Å²) in [7, 11) is 0. The Labute approximate surface area is 163 Å². The number of hydrogen-bond acceptors (Lipinski definition) is 6. The molecular formula is C22H25NO5. The lowest BCUT2D eigenvalue weighted by molar-refractivity contribution is -0.188. The van der Waals surface area contributed by atoms with Gasteiger partial charge < -0.3 is 14.6 Å². The van der Waals surface area contributed by atoms with Crippen molar-refractivity contribution in [2.45, 2.75) is 68.6 Å². The number of aliphatic hydroxyl groups is 1. The molecule has 3 fully saturated rings. The van der Waals surface area contributed by atoms with Crippen LogP contribution < -0.4 is 9.47 Å². The highest BCUT2D eigenvalue weighted by molar-refractivity contribution is 5.90. The first kappa shape index (κ1) is 17.0. The van der Waals surface area contributed by atoms with E-state index in [1.54, 1.807) is 6.07 Å². The topological polar surface area (TPSA) is 76.1 Å². The van der Waals surface area contributed by atoms with Crippen LogP contribution in [0, 0.1) is 5.92 Å². The number of esters is 1. The highest BCUT2D eigenvalue weighted by atomic mass is 16.6. The van der Waals surface area contributed by atoms with Crippen LogP contribution in [0.3, 0.4) is 0 Å². The Morgan fingerprint density at radius 3 is 2.93 bits per heavy atom. The fourth-order valence-electron chi connectivity index (χ4n) is 6.49. The van der Waals surface area contributed by atoms with Crippen LogP contribution in [0.25, 0.3) is 0 Å². The SMILES string of the molecule is CC(=O)Oc1ccc2c3c1O[C@@H]1C(=O)CC[C@]4(O)C(C2)N(CC2CC2)CC[C@@]314. The average Bonchev–Trinajstić information content (AvgIpc) is 3.38. The minimum absolute atomic E-state index is 0.0130. The summed E-state index contributed by atoms with van der Waals surface area (Å²) in [6.07, 6.45) is 4.15. The van der Waals surface area contributed by atoms with Gasteiger partial charge in [-0.3, -0.25) is 14.5 Å². The summed E-state index contributed by atoms with van der Waals surface area (Å²) < 4.78 is 11.6. The van der Waals surface area contributed by atoms with Crippen molar-refractivity contribution in [1.82, 2.24) is 4.90 Å². The summed E-state index contributed by atoms with van der Waals surface area (Å²) in [6.45, 7) is 3.27. The number of likely N-dealkylation sites (tertiary alicyclic amines) is 1. The standard InChI is InChI=1S/C22H25NO5/c1-12(24)27-16-5-4-14-10-17-22(26)7-6-15(25)20-21(22,18(14)19(16)28-20)8-9-23(17)11-13-2-3-13/h4-5,13,17,20,26H,2-3,6-11H2,1H3/t17?,20-,21-,22+/m1/s1. The Hall–Kier alpha value is -1.92. The maximum atomic E-state index is 12.9. The molecule has 28 heavy (non-hydrogen) atoms. The van der Waals surface area contributed by atoms with Gasteiger partial charge in [-0.2, -0.15) is 0 Å². The second-order valence-electron chi connectivity index (χ2n) is 9.29. The molecule has 0 amide bonds. The number of ether oxygens (including phenoxy) is 2. The van der Waals surface area contributed by atoms with Crippen molar-refractivity contribution in [3.8, 4) is 11.5 Å². The van der Waals surface area contributed by atoms with Gasteiger partial charge in [-0.1, -0.05) is 6.07 Å². The lowest BCUT2D eigenvalue weighted by atomic mass is 9.49. The molecule has 1 spiro atoms. The van der Waals surface area contributed by atoms with Crippen molar-refractivity contribution in [2.75, 3.05) is 13.1 Å². The van der Waals surface area contributed by atoms with Crippen molar-refractivity contribution < 1.29 is 24.2 Å². The van der Waals surface area contributed by atoms with Gasteiger partial charge in [0.2, 0.25) is 0 Å². The minimum atomic E-state index is -0.980. The fraction of sp³-hybridized carbons (Fsp3) is 0.636. The van der Waals surface area contributed by atoms with Crippen molar-refractivity contribution in [1.29, 1.82) is 0 Å². The molecule has 2 heterocycles. The van der Waals surface area contributed by atoms with Gasteiger partial charge in [0.25, 0.3) is 0 Å². The molecule has 148 valence electrons. The molecule has 4 atom stereocenters. The van der Waals surface area contributed by atoms with Crippen LogP contribution in [-0.2, 0) is 21.4 Å². The molecule has 6 heteroatoms. The van der Waals surface area contributed by atoms with E-state index in [0.29, 0.717) is 30.8 Å². The van der Waals surface area contributed by atoms with Gasteiger partial charge in [0.1, 0.15) is 0 Å². The van der Waals surface area contributed by atoms with Crippen LogP contribution in [0.1, 0.15) is 50.2 Å². The van der Waals surface area contributed by atoms with Crippen molar-refractivity contribution in [3.63, 3.8) is 0 Å². The summed E-state index contributed by atoms with van der Waals surface area (Å²) in [4.78, 5) is 27.0. The highest BCUT2D eigenvalue weighted by Crippen LogP contribution is 2.65. The molecule has 0 aromatic heterocycles. The van der Waals surface area contributed by atoms with Gasteiger partial charge in [-0.15, -0.1) is 0 Å². The molecule has 2 bridgehead atoms. The maximum Gasteiger partial charge on any atom is 0.308 e. The summed E-state index contributed by atoms with van der Waals surface area (Å²) in [5.74, 6) is 1.25. The zero-order valence-corrected chi connectivity index (χ0v) is 16.1. The third kappa shape index (κ3) is 1.95. The van der Waals surface area contributed by atoms with Gasteiger partial charge >= 0.3 is 5.97 Å². The Morgan fingerprint density at radius 2 is 2.18 bits per heavy atom. The van der Waals surface area contributed by atoms with E-state index < -0.39 is 23.1 Å². The first-order valence-electron chi connectivity index (χ1n) is 10.4. The summed E-state index contributed by atoms with van der Waals surface area (Å²) in [6, 6.07) is 3.79. The Bertz CT molecular complexity index is 908. The normalized spacial score (nSPS) is 38.0. The molecule has 2 saturated carbocycles. The maximum absolute atomic E-state index is 12.9. The predicted molar refractivity (Wildman–Crippen MR) is 99.4 cm³/mol. The lowest BCUT2D eigenvalue weighted by Gasteiger charge is -2.62. The van der Waals surface area contributed by atoms with Crippen molar-refractivity contribution in [2.24, 2.45) is 5.92 Å². The van der Waals surface area contributed by atoms with Crippen LogP contribution in [0.2, 0.25) is 0 Å².